The number of carbonyl (C=O) groups is 1. The molecule has 0 bridgehead atoms. The van der Waals surface area contributed by atoms with Crippen LogP contribution in [0, 0.1) is 17.1 Å². The van der Waals surface area contributed by atoms with E-state index < -0.39 is 23.6 Å². The van der Waals surface area contributed by atoms with Crippen LogP contribution in [0.5, 0.6) is 0 Å². The van der Waals surface area contributed by atoms with Crippen LogP contribution in [-0.2, 0) is 4.79 Å². The number of nitrogens with one attached hydrogen (secondary N) is 1. The number of hydrogen-bond acceptors (Lipinski definition) is 5. The van der Waals surface area contributed by atoms with E-state index in [1.807, 2.05) is 0 Å². The summed E-state index contributed by atoms with van der Waals surface area (Å²) in [6.07, 6.45) is -5.15. The number of hydrazone groups is 1. The Morgan fingerprint density at radius 2 is 2.21 bits per heavy atom. The van der Waals surface area contributed by atoms with Gasteiger partial charge in [0.15, 0.2) is 11.6 Å². The lowest BCUT2D eigenvalue weighted by atomic mass is 10.3. The molecule has 0 fully saturated rings. The Morgan fingerprint density at radius 3 is 2.74 bits per heavy atom. The first-order chi connectivity index (χ1) is 8.75. The molecule has 0 atom stereocenters. The van der Waals surface area contributed by atoms with Gasteiger partial charge in [-0.25, -0.2) is 9.37 Å². The average Bonchev–Trinajstić information content (AvgIpc) is 2.31. The number of nitriles is 1. The van der Waals surface area contributed by atoms with Gasteiger partial charge in [0.1, 0.15) is 11.2 Å². The molecule has 0 aliphatic carbocycles. The van der Waals surface area contributed by atoms with Gasteiger partial charge in [0.25, 0.3) is 5.78 Å². The Hall–Kier alpha value is -2.21. The molecule has 0 aromatic carbocycles. The molecular formula is C9H3ClF4N4O. The number of aromatic nitrogens is 1. The van der Waals surface area contributed by atoms with Crippen molar-refractivity contribution >= 4 is 29.4 Å². The predicted molar refractivity (Wildman–Crippen MR) is 57.1 cm³/mol. The molecule has 1 rings (SSSR count). The molecule has 1 aromatic heterocycles. The number of carbonyl (C=O) groups excluding carboxylic acids is 1. The molecule has 10 heteroatoms. The standard InChI is InChI=1S/C9H3ClF4N4O/c10-7-4(2-15)1-5(11)8(17-7)18-16-3-6(19)9(12,13)14/h1,3H,(H,17,18)/b16-3+. The molecule has 1 aromatic rings. The van der Waals surface area contributed by atoms with E-state index in [0.717, 1.165) is 6.07 Å². The van der Waals surface area contributed by atoms with Gasteiger partial charge in [0.05, 0.1) is 11.8 Å². The number of anilines is 1. The van der Waals surface area contributed by atoms with Crippen molar-refractivity contribution in [3.63, 3.8) is 0 Å². The SMILES string of the molecule is N#Cc1cc(F)c(N/N=C/C(=O)C(F)(F)F)nc1Cl. The minimum Gasteiger partial charge on any atom is -0.283 e. The van der Waals surface area contributed by atoms with Gasteiger partial charge >= 0.3 is 6.18 Å². The van der Waals surface area contributed by atoms with Gasteiger partial charge in [-0.1, -0.05) is 11.6 Å². The van der Waals surface area contributed by atoms with Crippen LogP contribution in [-0.4, -0.2) is 23.2 Å². The summed E-state index contributed by atoms with van der Waals surface area (Å²) in [6, 6.07) is 2.27. The van der Waals surface area contributed by atoms with Gasteiger partial charge in [0.2, 0.25) is 0 Å². The van der Waals surface area contributed by atoms with Gasteiger partial charge < -0.3 is 0 Å². The van der Waals surface area contributed by atoms with Gasteiger partial charge in [-0.3, -0.25) is 10.2 Å². The number of pyridine rings is 1. The number of halogens is 5. The number of alkyl halides is 3. The van der Waals surface area contributed by atoms with Gasteiger partial charge in [-0.05, 0) is 6.07 Å². The lowest BCUT2D eigenvalue weighted by Crippen LogP contribution is -2.24. The van der Waals surface area contributed by atoms with E-state index >= 15 is 0 Å². The van der Waals surface area contributed by atoms with Crippen molar-refractivity contribution in [2.24, 2.45) is 5.10 Å². The highest BCUT2D eigenvalue weighted by atomic mass is 35.5. The molecule has 1 N–H and O–H groups in total. The second-order valence-electron chi connectivity index (χ2n) is 3.00. The number of nitrogens with zero attached hydrogens (tertiary/aromatic N) is 3. The van der Waals surface area contributed by atoms with E-state index in [0.29, 0.717) is 0 Å². The molecule has 5 nitrogen and oxygen atoms in total. The fourth-order valence-electron chi connectivity index (χ4n) is 0.848. The zero-order valence-corrected chi connectivity index (χ0v) is 9.55. The van der Waals surface area contributed by atoms with Crippen molar-refractivity contribution in [3.8, 4) is 6.07 Å². The molecule has 0 spiro atoms. The first-order valence-electron chi connectivity index (χ1n) is 4.42. The van der Waals surface area contributed by atoms with Crippen LogP contribution in [0.1, 0.15) is 5.56 Å². The number of Topliss-reactive ketones (excluding diaryl/α,β-unsaturated/α-hetero) is 1. The number of hydrogen-bond donors (Lipinski definition) is 1. The average molecular weight is 295 g/mol. The predicted octanol–water partition coefficient (Wildman–Crippen LogP) is 2.27. The van der Waals surface area contributed by atoms with Crippen LogP contribution in [0.15, 0.2) is 11.2 Å². The van der Waals surface area contributed by atoms with E-state index in [9.17, 15) is 22.4 Å². The monoisotopic (exact) mass is 294 g/mol. The van der Waals surface area contributed by atoms with Crippen LogP contribution in [0.3, 0.4) is 0 Å². The lowest BCUT2D eigenvalue weighted by molar-refractivity contribution is -0.162. The van der Waals surface area contributed by atoms with E-state index in [1.165, 1.54) is 0 Å². The Morgan fingerprint density at radius 1 is 1.58 bits per heavy atom. The topological polar surface area (TPSA) is 78.1 Å². The molecule has 1 heterocycles. The van der Waals surface area contributed by atoms with Crippen molar-refractivity contribution in [2.75, 3.05) is 5.43 Å². The maximum absolute atomic E-state index is 13.3. The third-order valence-corrected chi connectivity index (χ3v) is 1.97. The molecule has 0 saturated heterocycles. The smallest absolute Gasteiger partial charge is 0.283 e. The van der Waals surface area contributed by atoms with Crippen molar-refractivity contribution in [2.45, 2.75) is 6.18 Å². The van der Waals surface area contributed by atoms with Crippen LogP contribution in [0.25, 0.3) is 0 Å². The molecule has 100 valence electrons. The second kappa shape index (κ2) is 5.62. The summed E-state index contributed by atoms with van der Waals surface area (Å²) in [5.41, 5.74) is 1.53. The summed E-state index contributed by atoms with van der Waals surface area (Å²) in [5, 5.41) is 11.0. The van der Waals surface area contributed by atoms with Crippen LogP contribution in [0.2, 0.25) is 5.15 Å². The quantitative estimate of drug-likeness (QED) is 0.401. The normalized spacial score (nSPS) is 11.4. The number of ketones is 1. The summed E-state index contributed by atoms with van der Waals surface area (Å²) in [5.74, 6) is -3.90. The minimum absolute atomic E-state index is 0.0762. The Kier molecular flexibility index (Phi) is 4.39. The molecule has 0 amide bonds. The maximum atomic E-state index is 13.3. The molecule has 0 saturated carbocycles. The zero-order chi connectivity index (χ0) is 14.6. The Labute approximate surface area is 108 Å². The van der Waals surface area contributed by atoms with Gasteiger partial charge in [-0.2, -0.15) is 23.5 Å². The Balaban J connectivity index is 2.86. The summed E-state index contributed by atoms with van der Waals surface area (Å²) in [6.45, 7) is 0. The summed E-state index contributed by atoms with van der Waals surface area (Å²) < 4.78 is 48.7. The molecular weight excluding hydrogens is 292 g/mol. The zero-order valence-electron chi connectivity index (χ0n) is 8.79. The van der Waals surface area contributed by atoms with E-state index in [4.69, 9.17) is 16.9 Å². The summed E-state index contributed by atoms with van der Waals surface area (Å²) in [7, 11) is 0. The molecule has 0 aliphatic rings. The van der Waals surface area contributed by atoms with Crippen molar-refractivity contribution < 1.29 is 22.4 Å². The van der Waals surface area contributed by atoms with Gasteiger partial charge in [0, 0.05) is 0 Å². The second-order valence-corrected chi connectivity index (χ2v) is 3.36. The van der Waals surface area contributed by atoms with E-state index in [1.54, 1.807) is 11.5 Å². The summed E-state index contributed by atoms with van der Waals surface area (Å²) in [4.78, 5) is 13.8. The van der Waals surface area contributed by atoms with E-state index in [-0.39, 0.29) is 16.9 Å². The fraction of sp³-hybridized carbons (Fsp3) is 0.111. The third kappa shape index (κ3) is 3.89. The maximum Gasteiger partial charge on any atom is 0.455 e. The third-order valence-electron chi connectivity index (χ3n) is 1.68. The van der Waals surface area contributed by atoms with E-state index in [2.05, 4.69) is 10.1 Å². The minimum atomic E-state index is -5.07. The molecule has 0 radical (unpaired) electrons. The van der Waals surface area contributed by atoms with Crippen molar-refractivity contribution in [1.29, 1.82) is 5.26 Å². The van der Waals surface area contributed by atoms with Crippen LogP contribution < -0.4 is 5.43 Å². The molecule has 0 aliphatic heterocycles. The van der Waals surface area contributed by atoms with Crippen LogP contribution in [0.4, 0.5) is 23.4 Å². The molecule has 0 unspecified atom stereocenters. The lowest BCUT2D eigenvalue weighted by Gasteiger charge is -2.03. The molecule has 19 heavy (non-hydrogen) atoms. The fourth-order valence-corrected chi connectivity index (χ4v) is 1.03. The first-order valence-corrected chi connectivity index (χ1v) is 4.80. The highest BCUT2D eigenvalue weighted by molar-refractivity contribution is 6.31. The van der Waals surface area contributed by atoms with Gasteiger partial charge in [-0.15, -0.1) is 0 Å². The Bertz CT molecular complexity index is 579. The van der Waals surface area contributed by atoms with Crippen molar-refractivity contribution in [1.82, 2.24) is 4.98 Å². The highest BCUT2D eigenvalue weighted by Gasteiger charge is 2.36. The number of rotatable bonds is 3. The van der Waals surface area contributed by atoms with Crippen molar-refractivity contribution in [3.05, 3.63) is 22.6 Å². The first kappa shape index (κ1) is 14.8. The summed E-state index contributed by atoms with van der Waals surface area (Å²) >= 11 is 5.48. The largest absolute Gasteiger partial charge is 0.455 e. The van der Waals surface area contributed by atoms with Crippen LogP contribution >= 0.6 is 11.6 Å². The highest BCUT2D eigenvalue weighted by Crippen LogP contribution is 2.19.